The van der Waals surface area contributed by atoms with Gasteiger partial charge in [0.15, 0.2) is 12.1 Å². The smallest absolute Gasteiger partial charge is 0.179 e. The number of aromatic amines is 1. The predicted molar refractivity (Wildman–Crippen MR) is 121 cm³/mol. The van der Waals surface area contributed by atoms with Gasteiger partial charge in [-0.05, 0) is 56.3 Å². The molecule has 30 heavy (non-hydrogen) atoms. The number of aromatic nitrogens is 3. The Morgan fingerprint density at radius 1 is 1.10 bits per heavy atom. The summed E-state index contributed by atoms with van der Waals surface area (Å²) in [4.78, 5) is 27.2. The number of nitrogens with one attached hydrogen (secondary N) is 2. The van der Waals surface area contributed by atoms with Crippen LogP contribution in [0.5, 0.6) is 0 Å². The van der Waals surface area contributed by atoms with E-state index in [0.29, 0.717) is 22.1 Å². The number of hydrogen-bond acceptors (Lipinski definition) is 5. The number of carbonyl (C=O) groups excluding carboxylic acids is 1. The summed E-state index contributed by atoms with van der Waals surface area (Å²) in [6.45, 7) is 4.12. The monoisotopic (exact) mass is 419 g/mol. The summed E-state index contributed by atoms with van der Waals surface area (Å²) in [6, 6.07) is 13.4. The van der Waals surface area contributed by atoms with Crippen molar-refractivity contribution >= 4 is 45.5 Å². The largest absolute Gasteiger partial charge is 0.368 e. The standard InChI is InChI=1S/C23H22ClN5O/c24-15-7-8-20-17(13-15)18(14-30)21(26-20)23-27-19-6-2-1-5-16(19)22(28-23)25-9-12-29-10-3-4-11-29/h1-2,5-8,13-14,26H,3-4,9-12H2,(H,25,27,28). The van der Waals surface area contributed by atoms with Crippen LogP contribution in [-0.4, -0.2) is 52.3 Å². The van der Waals surface area contributed by atoms with Crippen LogP contribution in [0.15, 0.2) is 42.5 Å². The van der Waals surface area contributed by atoms with Crippen LogP contribution in [0.4, 0.5) is 5.82 Å². The highest BCUT2D eigenvalue weighted by Crippen LogP contribution is 2.31. The zero-order chi connectivity index (χ0) is 20.5. The maximum atomic E-state index is 11.9. The highest BCUT2D eigenvalue weighted by Gasteiger charge is 2.18. The number of halogens is 1. The molecule has 1 aliphatic rings. The second-order valence-electron chi connectivity index (χ2n) is 7.61. The van der Waals surface area contributed by atoms with Gasteiger partial charge in [-0.25, -0.2) is 9.97 Å². The molecule has 1 saturated heterocycles. The zero-order valence-corrected chi connectivity index (χ0v) is 17.2. The van der Waals surface area contributed by atoms with Gasteiger partial charge in [0, 0.05) is 34.4 Å². The van der Waals surface area contributed by atoms with Gasteiger partial charge >= 0.3 is 0 Å². The molecule has 7 heteroatoms. The maximum Gasteiger partial charge on any atom is 0.179 e. The minimum absolute atomic E-state index is 0.492. The average molecular weight is 420 g/mol. The molecule has 152 valence electrons. The molecule has 0 radical (unpaired) electrons. The maximum absolute atomic E-state index is 11.9. The van der Waals surface area contributed by atoms with E-state index in [9.17, 15) is 4.79 Å². The van der Waals surface area contributed by atoms with Gasteiger partial charge in [-0.3, -0.25) is 4.79 Å². The fourth-order valence-electron chi connectivity index (χ4n) is 4.15. The number of hydrogen-bond donors (Lipinski definition) is 2. The minimum Gasteiger partial charge on any atom is -0.368 e. The van der Waals surface area contributed by atoms with Crippen LogP contribution >= 0.6 is 11.6 Å². The first-order valence-electron chi connectivity index (χ1n) is 10.2. The number of carbonyl (C=O) groups is 1. The molecule has 2 N–H and O–H groups in total. The molecule has 0 atom stereocenters. The molecule has 5 rings (SSSR count). The van der Waals surface area contributed by atoms with Gasteiger partial charge in [-0.15, -0.1) is 0 Å². The summed E-state index contributed by atoms with van der Waals surface area (Å²) in [5, 5.41) is 5.81. The van der Waals surface area contributed by atoms with E-state index in [0.717, 1.165) is 60.1 Å². The molecule has 0 unspecified atom stereocenters. The molecule has 1 aliphatic heterocycles. The van der Waals surface area contributed by atoms with E-state index in [1.165, 1.54) is 12.8 Å². The zero-order valence-electron chi connectivity index (χ0n) is 16.5. The Labute approximate surface area is 179 Å². The molecule has 4 aromatic rings. The highest BCUT2D eigenvalue weighted by molar-refractivity contribution is 6.31. The molecule has 2 aromatic carbocycles. The molecule has 0 bridgehead atoms. The average Bonchev–Trinajstić information content (AvgIpc) is 3.40. The Kier molecular flexibility index (Phi) is 5.11. The number of rotatable bonds is 6. The van der Waals surface area contributed by atoms with E-state index in [-0.39, 0.29) is 0 Å². The number of fused-ring (bicyclic) bond motifs is 2. The Balaban J connectivity index is 1.56. The van der Waals surface area contributed by atoms with Crippen LogP contribution < -0.4 is 5.32 Å². The fraction of sp³-hybridized carbons (Fsp3) is 0.261. The second kappa shape index (κ2) is 8.05. The van der Waals surface area contributed by atoms with Gasteiger partial charge in [0.2, 0.25) is 0 Å². The van der Waals surface area contributed by atoms with E-state index in [1.54, 1.807) is 12.1 Å². The van der Waals surface area contributed by atoms with Crippen LogP contribution in [0.1, 0.15) is 23.2 Å². The lowest BCUT2D eigenvalue weighted by atomic mass is 10.1. The highest BCUT2D eigenvalue weighted by atomic mass is 35.5. The number of para-hydroxylation sites is 1. The molecular formula is C23H22ClN5O. The molecule has 2 aromatic heterocycles. The SMILES string of the molecule is O=Cc1c(-c2nc(NCCN3CCCC3)c3ccccc3n2)[nH]c2ccc(Cl)cc12. The normalized spacial score (nSPS) is 14.6. The Morgan fingerprint density at radius 3 is 2.77 bits per heavy atom. The van der Waals surface area contributed by atoms with Gasteiger partial charge in [0.1, 0.15) is 5.82 Å². The van der Waals surface area contributed by atoms with E-state index in [2.05, 4.69) is 15.2 Å². The van der Waals surface area contributed by atoms with E-state index in [1.807, 2.05) is 30.3 Å². The molecular weight excluding hydrogens is 398 g/mol. The van der Waals surface area contributed by atoms with Crippen molar-refractivity contribution in [1.82, 2.24) is 19.9 Å². The van der Waals surface area contributed by atoms with Crippen molar-refractivity contribution in [3.63, 3.8) is 0 Å². The van der Waals surface area contributed by atoms with Crippen molar-refractivity contribution in [2.24, 2.45) is 0 Å². The quantitative estimate of drug-likeness (QED) is 0.441. The predicted octanol–water partition coefficient (Wildman–Crippen LogP) is 4.75. The van der Waals surface area contributed by atoms with Crippen LogP contribution in [0.3, 0.4) is 0 Å². The van der Waals surface area contributed by atoms with E-state index < -0.39 is 0 Å². The molecule has 0 saturated carbocycles. The lowest BCUT2D eigenvalue weighted by molar-refractivity contribution is 0.112. The summed E-state index contributed by atoms with van der Waals surface area (Å²) in [6.07, 6.45) is 3.39. The van der Waals surface area contributed by atoms with Gasteiger partial charge in [-0.2, -0.15) is 0 Å². The Morgan fingerprint density at radius 2 is 1.93 bits per heavy atom. The minimum atomic E-state index is 0.492. The second-order valence-corrected chi connectivity index (χ2v) is 8.05. The summed E-state index contributed by atoms with van der Waals surface area (Å²) in [5.41, 5.74) is 2.79. The molecule has 0 spiro atoms. The van der Waals surface area contributed by atoms with Crippen molar-refractivity contribution in [2.45, 2.75) is 12.8 Å². The molecule has 6 nitrogen and oxygen atoms in total. The van der Waals surface area contributed by atoms with Crippen LogP contribution in [0.25, 0.3) is 33.3 Å². The Hall–Kier alpha value is -2.96. The first-order valence-corrected chi connectivity index (χ1v) is 10.6. The lowest BCUT2D eigenvalue weighted by Crippen LogP contribution is -2.26. The van der Waals surface area contributed by atoms with Gasteiger partial charge in [0.05, 0.1) is 16.8 Å². The summed E-state index contributed by atoms with van der Waals surface area (Å²) in [7, 11) is 0. The number of anilines is 1. The topological polar surface area (TPSA) is 73.9 Å². The van der Waals surface area contributed by atoms with Gasteiger partial charge in [0.25, 0.3) is 0 Å². The number of aldehydes is 1. The van der Waals surface area contributed by atoms with Crippen LogP contribution in [-0.2, 0) is 0 Å². The first-order chi connectivity index (χ1) is 14.7. The number of benzene rings is 2. The third kappa shape index (κ3) is 3.53. The molecule has 1 fully saturated rings. The summed E-state index contributed by atoms with van der Waals surface area (Å²) in [5.74, 6) is 1.27. The number of H-pyrrole nitrogens is 1. The summed E-state index contributed by atoms with van der Waals surface area (Å²) < 4.78 is 0. The van der Waals surface area contributed by atoms with E-state index in [4.69, 9.17) is 21.6 Å². The molecule has 0 aliphatic carbocycles. The van der Waals surface area contributed by atoms with Crippen molar-refractivity contribution in [2.75, 3.05) is 31.5 Å². The van der Waals surface area contributed by atoms with Crippen LogP contribution in [0, 0.1) is 0 Å². The summed E-state index contributed by atoms with van der Waals surface area (Å²) >= 11 is 6.14. The van der Waals surface area contributed by atoms with Crippen molar-refractivity contribution in [3.8, 4) is 11.5 Å². The third-order valence-electron chi connectivity index (χ3n) is 5.66. The van der Waals surface area contributed by atoms with Crippen molar-refractivity contribution in [3.05, 3.63) is 53.1 Å². The molecule has 0 amide bonds. The van der Waals surface area contributed by atoms with Crippen molar-refractivity contribution in [1.29, 1.82) is 0 Å². The van der Waals surface area contributed by atoms with E-state index >= 15 is 0 Å². The Bertz CT molecular complexity index is 1230. The van der Waals surface area contributed by atoms with Crippen LogP contribution in [0.2, 0.25) is 5.02 Å². The van der Waals surface area contributed by atoms with Gasteiger partial charge < -0.3 is 15.2 Å². The third-order valence-corrected chi connectivity index (χ3v) is 5.90. The van der Waals surface area contributed by atoms with Gasteiger partial charge in [-0.1, -0.05) is 23.7 Å². The lowest BCUT2D eigenvalue weighted by Gasteiger charge is -2.16. The molecule has 3 heterocycles. The number of likely N-dealkylation sites (tertiary alicyclic amines) is 1. The fourth-order valence-corrected chi connectivity index (χ4v) is 4.32. The first kappa shape index (κ1) is 19.0. The number of nitrogens with zero attached hydrogens (tertiary/aromatic N) is 3. The van der Waals surface area contributed by atoms with Crippen molar-refractivity contribution < 1.29 is 4.79 Å².